The molecule has 1 saturated heterocycles. The van der Waals surface area contributed by atoms with Gasteiger partial charge in [-0.25, -0.2) is 4.79 Å². The molecule has 150 valence electrons. The lowest BCUT2D eigenvalue weighted by atomic mass is 9.81. The van der Waals surface area contributed by atoms with Gasteiger partial charge in [0, 0.05) is 17.8 Å². The molecule has 28 heavy (non-hydrogen) atoms. The molecule has 2 aliphatic rings. The van der Waals surface area contributed by atoms with Gasteiger partial charge in [0.15, 0.2) is 6.17 Å². The van der Waals surface area contributed by atoms with Crippen molar-refractivity contribution < 1.29 is 14.2 Å². The van der Waals surface area contributed by atoms with Crippen LogP contribution in [0.25, 0.3) is 0 Å². The Kier molecular flexibility index (Phi) is 5.32. The first-order chi connectivity index (χ1) is 12.8. The highest BCUT2D eigenvalue weighted by atomic mass is 35.5. The number of nitrogens with zero attached hydrogens (tertiary/aromatic N) is 1. The highest BCUT2D eigenvalue weighted by molar-refractivity contribution is 5.87. The molecule has 2 heterocycles. The van der Waals surface area contributed by atoms with Crippen LogP contribution in [0.15, 0.2) is 42.5 Å². The van der Waals surface area contributed by atoms with Crippen LogP contribution in [-0.4, -0.2) is 30.5 Å². The van der Waals surface area contributed by atoms with Crippen molar-refractivity contribution in [2.24, 2.45) is 0 Å². The number of hydrogen-bond acceptors (Lipinski definition) is 4. The van der Waals surface area contributed by atoms with Gasteiger partial charge in [-0.3, -0.25) is 5.32 Å². The predicted octanol–water partition coefficient (Wildman–Crippen LogP) is 4.64. The zero-order valence-electron chi connectivity index (χ0n) is 16.3. The number of carbonyl (C=O) groups is 1. The summed E-state index contributed by atoms with van der Waals surface area (Å²) in [6.45, 7) is 4.73. The minimum absolute atomic E-state index is 0. The Balaban J connectivity index is 0.00000225. The van der Waals surface area contributed by atoms with E-state index in [9.17, 15) is 10.0 Å². The van der Waals surface area contributed by atoms with Gasteiger partial charge in [-0.2, -0.15) is 0 Å². The number of ether oxygens (including phenoxy) is 1. The molecule has 0 aliphatic carbocycles. The summed E-state index contributed by atoms with van der Waals surface area (Å²) in [5.74, 6) is 0.482. The number of rotatable bonds is 3. The third-order valence-corrected chi connectivity index (χ3v) is 5.97. The Morgan fingerprint density at radius 1 is 1.36 bits per heavy atom. The molecular weight excluding hydrogens is 378 g/mol. The van der Waals surface area contributed by atoms with Crippen LogP contribution in [0.4, 0.5) is 16.2 Å². The molecule has 1 amide bonds. The Morgan fingerprint density at radius 2 is 2.11 bits per heavy atom. The fourth-order valence-electron chi connectivity index (χ4n) is 4.43. The summed E-state index contributed by atoms with van der Waals surface area (Å²) in [7, 11) is 1.71. The van der Waals surface area contributed by atoms with Crippen molar-refractivity contribution in [3.05, 3.63) is 58.8 Å². The largest absolute Gasteiger partial charge is 0.631 e. The zero-order valence-corrected chi connectivity index (χ0v) is 17.1. The van der Waals surface area contributed by atoms with Crippen LogP contribution in [0.1, 0.15) is 31.4 Å². The summed E-state index contributed by atoms with van der Waals surface area (Å²) in [5, 5.41) is 18.9. The van der Waals surface area contributed by atoms with Crippen molar-refractivity contribution in [2.45, 2.75) is 38.3 Å². The summed E-state index contributed by atoms with van der Waals surface area (Å²) >= 11 is 0. The lowest BCUT2D eigenvalue weighted by molar-refractivity contribution is -0.870. The number of likely N-dealkylation sites (tertiary alicyclic amines) is 1. The van der Waals surface area contributed by atoms with Crippen LogP contribution >= 0.6 is 12.4 Å². The van der Waals surface area contributed by atoms with E-state index in [0.29, 0.717) is 12.3 Å². The monoisotopic (exact) mass is 403 g/mol. The van der Waals surface area contributed by atoms with Gasteiger partial charge in [0.2, 0.25) is 0 Å². The normalized spacial score (nSPS) is 27.2. The number of anilines is 2. The summed E-state index contributed by atoms with van der Waals surface area (Å²) in [6, 6.07) is 13.2. The van der Waals surface area contributed by atoms with E-state index < -0.39 is 6.09 Å². The number of aryl methyl sites for hydroxylation is 1. The first-order valence-corrected chi connectivity index (χ1v) is 9.37. The van der Waals surface area contributed by atoms with Crippen molar-refractivity contribution in [1.82, 2.24) is 0 Å². The lowest BCUT2D eigenvalue weighted by Crippen LogP contribution is -2.50. The Hall–Kier alpha value is -2.28. The fraction of sp³-hybridized carbons (Fsp3) is 0.381. The average Bonchev–Trinajstić information content (AvgIpc) is 3.06. The topological polar surface area (TPSA) is 73.4 Å². The molecule has 1 fully saturated rings. The van der Waals surface area contributed by atoms with E-state index in [-0.39, 0.29) is 28.6 Å². The average molecular weight is 404 g/mol. The van der Waals surface area contributed by atoms with E-state index in [2.05, 4.69) is 17.6 Å². The number of benzene rings is 2. The van der Waals surface area contributed by atoms with Crippen molar-refractivity contribution >= 4 is 29.9 Å². The molecular formula is C21H26ClN3O3. The molecule has 2 aliphatic heterocycles. The van der Waals surface area contributed by atoms with Crippen molar-refractivity contribution in [3.8, 4) is 5.75 Å². The minimum Gasteiger partial charge on any atom is -0.631 e. The molecule has 0 bridgehead atoms. The van der Waals surface area contributed by atoms with Gasteiger partial charge in [0.1, 0.15) is 5.75 Å². The van der Waals surface area contributed by atoms with E-state index in [1.165, 1.54) is 0 Å². The van der Waals surface area contributed by atoms with E-state index in [1.807, 2.05) is 43.3 Å². The van der Waals surface area contributed by atoms with Gasteiger partial charge in [-0.15, -0.1) is 12.4 Å². The van der Waals surface area contributed by atoms with Crippen LogP contribution in [-0.2, 0) is 11.8 Å². The van der Waals surface area contributed by atoms with Crippen molar-refractivity contribution in [1.29, 1.82) is 0 Å². The number of likely N-dealkylation sites (N-methyl/N-ethyl adjacent to an activating group) is 1. The number of carbonyl (C=O) groups excluding carboxylic acids is 1. The Labute approximate surface area is 171 Å². The van der Waals surface area contributed by atoms with Crippen molar-refractivity contribution in [2.75, 3.05) is 24.2 Å². The molecule has 0 aromatic heterocycles. The number of amides is 1. The molecule has 2 aromatic rings. The van der Waals surface area contributed by atoms with Crippen LogP contribution < -0.4 is 15.4 Å². The molecule has 2 aromatic carbocycles. The van der Waals surface area contributed by atoms with Crippen LogP contribution in [0.3, 0.4) is 0 Å². The first kappa shape index (κ1) is 20.5. The van der Waals surface area contributed by atoms with Gasteiger partial charge >= 0.3 is 6.09 Å². The second-order valence-electron chi connectivity index (χ2n) is 7.84. The predicted molar refractivity (Wildman–Crippen MR) is 113 cm³/mol. The molecule has 3 atom stereocenters. The van der Waals surface area contributed by atoms with Crippen LogP contribution in [0, 0.1) is 5.21 Å². The Morgan fingerprint density at radius 3 is 2.86 bits per heavy atom. The molecule has 2 N–H and O–H groups in total. The molecule has 0 saturated carbocycles. The standard InChI is InChI=1S/C21H25N3O3.ClH/c1-4-14-7-5-6-8-17(14)23-20(25)27-15-9-10-18-16(13-15)21(2)11-12-24(3,26)19(21)22-18;/h5-10,13,19,22H,4,11-12H2,1-3H3,(H,23,25);1H/t19-,21-,24?;/m0./s1. The van der Waals surface area contributed by atoms with Crippen LogP contribution in [0.2, 0.25) is 0 Å². The minimum atomic E-state index is -0.514. The number of halogens is 1. The van der Waals surface area contributed by atoms with Gasteiger partial charge in [0.25, 0.3) is 0 Å². The number of para-hydroxylation sites is 1. The maximum atomic E-state index is 12.7. The molecule has 7 heteroatoms. The SMILES string of the molecule is CCc1ccccc1NC(=O)Oc1ccc2c(c1)[C@]1(C)CC[N+](C)([O-])[C@@H]1N2.Cl. The molecule has 1 unspecified atom stereocenters. The molecule has 0 radical (unpaired) electrons. The third-order valence-electron chi connectivity index (χ3n) is 5.97. The fourth-order valence-corrected chi connectivity index (χ4v) is 4.43. The maximum absolute atomic E-state index is 12.7. The summed E-state index contributed by atoms with van der Waals surface area (Å²) in [5.41, 5.74) is 3.56. The number of hydroxylamine groups is 3. The van der Waals surface area contributed by atoms with E-state index in [4.69, 9.17) is 4.74 Å². The molecule has 6 nitrogen and oxygen atoms in total. The second kappa shape index (κ2) is 7.28. The van der Waals surface area contributed by atoms with Gasteiger partial charge < -0.3 is 19.9 Å². The molecule has 0 spiro atoms. The number of hydrogen-bond donors (Lipinski definition) is 2. The smallest absolute Gasteiger partial charge is 0.417 e. The first-order valence-electron chi connectivity index (χ1n) is 9.37. The highest BCUT2D eigenvalue weighted by Gasteiger charge is 2.55. The van der Waals surface area contributed by atoms with Crippen molar-refractivity contribution in [3.63, 3.8) is 0 Å². The quantitative estimate of drug-likeness (QED) is 0.578. The number of fused-ring (bicyclic) bond motifs is 3. The van der Waals surface area contributed by atoms with E-state index in [1.54, 1.807) is 13.1 Å². The van der Waals surface area contributed by atoms with Gasteiger partial charge in [-0.05, 0) is 48.7 Å². The van der Waals surface area contributed by atoms with Crippen LogP contribution in [0.5, 0.6) is 5.75 Å². The summed E-state index contributed by atoms with van der Waals surface area (Å²) in [6.07, 6.45) is 0.914. The number of quaternary nitrogens is 1. The third kappa shape index (κ3) is 3.32. The van der Waals surface area contributed by atoms with Gasteiger partial charge in [0.05, 0.1) is 19.0 Å². The summed E-state index contributed by atoms with van der Waals surface area (Å²) < 4.78 is 5.23. The zero-order chi connectivity index (χ0) is 19.2. The molecule has 4 rings (SSSR count). The summed E-state index contributed by atoms with van der Waals surface area (Å²) in [4.78, 5) is 12.4. The van der Waals surface area contributed by atoms with E-state index >= 15 is 0 Å². The number of nitrogens with one attached hydrogen (secondary N) is 2. The lowest BCUT2D eigenvalue weighted by Gasteiger charge is -2.41. The highest BCUT2D eigenvalue weighted by Crippen LogP contribution is 2.51. The van der Waals surface area contributed by atoms with Gasteiger partial charge in [-0.1, -0.05) is 25.1 Å². The van der Waals surface area contributed by atoms with E-state index in [0.717, 1.165) is 35.3 Å². The Bertz CT molecular complexity index is 902. The maximum Gasteiger partial charge on any atom is 0.417 e. The second-order valence-corrected chi connectivity index (χ2v) is 7.84.